The van der Waals surface area contributed by atoms with E-state index in [0.717, 1.165) is 0 Å². The Morgan fingerprint density at radius 1 is 0.444 bits per heavy atom. The van der Waals surface area contributed by atoms with E-state index in [2.05, 4.69) is 133 Å². The van der Waals surface area contributed by atoms with E-state index < -0.39 is 5.41 Å². The van der Waals surface area contributed by atoms with Gasteiger partial charge in [0.1, 0.15) is 0 Å². The van der Waals surface area contributed by atoms with E-state index in [-0.39, 0.29) is 5.41 Å². The van der Waals surface area contributed by atoms with Gasteiger partial charge in [-0.1, -0.05) is 43.8 Å². The first-order valence-corrected chi connectivity index (χ1v) is 17.5. The fourth-order valence-corrected chi connectivity index (χ4v) is 10.1. The zero-order valence-electron chi connectivity index (χ0n) is 29.9. The number of benzene rings is 4. The second-order valence-electron chi connectivity index (χ2n) is 15.0. The van der Waals surface area contributed by atoms with Crippen LogP contribution in [0.2, 0.25) is 0 Å². The van der Waals surface area contributed by atoms with Gasteiger partial charge < -0.3 is 0 Å². The van der Waals surface area contributed by atoms with Crippen LogP contribution in [0.5, 0.6) is 0 Å². The minimum absolute atomic E-state index is 0.0401. The Bertz CT molecular complexity index is 2000. The van der Waals surface area contributed by atoms with Crippen LogP contribution in [-0.4, -0.2) is 0 Å². The van der Waals surface area contributed by atoms with Gasteiger partial charge in [0.15, 0.2) is 0 Å². The molecule has 0 atom stereocenters. The second-order valence-corrected chi connectivity index (χ2v) is 15.9. The summed E-state index contributed by atoms with van der Waals surface area (Å²) >= 11 is 1.90. The SMILES string of the molecule is Cc1c(C)c(C)c2c(c1C)-c1c(C)c(C)c(C)c(C)c1C1(C=CSc3cc4c(cc31)C=CC4(C)C)c1c(C)c(C)c(C)c(C)c1-2. The molecule has 7 rings (SSSR count). The van der Waals surface area contributed by atoms with Crippen molar-refractivity contribution in [3.63, 3.8) is 0 Å². The van der Waals surface area contributed by atoms with E-state index in [4.69, 9.17) is 0 Å². The van der Waals surface area contributed by atoms with Crippen LogP contribution in [0.1, 0.15) is 108 Å². The maximum absolute atomic E-state index is 2.59. The summed E-state index contributed by atoms with van der Waals surface area (Å²) in [5.41, 5.74) is 29.7. The monoisotopic (exact) mass is 608 g/mol. The molecule has 1 aliphatic heterocycles. The lowest BCUT2D eigenvalue weighted by atomic mass is 9.62. The first-order chi connectivity index (χ1) is 21.1. The van der Waals surface area contributed by atoms with Crippen molar-refractivity contribution in [1.29, 1.82) is 0 Å². The highest BCUT2D eigenvalue weighted by molar-refractivity contribution is 8.02. The van der Waals surface area contributed by atoms with Crippen LogP contribution in [0.25, 0.3) is 28.3 Å². The maximum atomic E-state index is 2.59. The highest BCUT2D eigenvalue weighted by Crippen LogP contribution is 2.62. The van der Waals surface area contributed by atoms with Gasteiger partial charge in [-0.15, -0.1) is 0 Å². The summed E-state index contributed by atoms with van der Waals surface area (Å²) in [6.07, 6.45) is 7.35. The lowest BCUT2D eigenvalue weighted by Crippen LogP contribution is -2.33. The first-order valence-electron chi connectivity index (χ1n) is 16.6. The molecule has 0 nitrogen and oxygen atoms in total. The normalized spacial score (nSPS) is 16.3. The molecular weight excluding hydrogens is 561 g/mol. The fourth-order valence-electron chi connectivity index (χ4n) is 9.12. The van der Waals surface area contributed by atoms with E-state index in [1.54, 1.807) is 0 Å². The minimum atomic E-state index is -0.429. The van der Waals surface area contributed by atoms with Crippen molar-refractivity contribution in [2.24, 2.45) is 0 Å². The molecule has 0 N–H and O–H groups in total. The van der Waals surface area contributed by atoms with E-state index in [1.807, 2.05) is 11.8 Å². The molecule has 1 spiro atoms. The average Bonchev–Trinajstić information content (AvgIpc) is 3.25. The molecule has 0 bridgehead atoms. The Morgan fingerprint density at radius 3 is 1.33 bits per heavy atom. The number of hydrogen-bond donors (Lipinski definition) is 0. The Balaban J connectivity index is 1.85. The van der Waals surface area contributed by atoms with Crippen LogP contribution >= 0.6 is 11.8 Å². The molecule has 0 amide bonds. The Labute approximate surface area is 276 Å². The van der Waals surface area contributed by atoms with Crippen LogP contribution in [0.3, 0.4) is 0 Å². The van der Waals surface area contributed by atoms with Crippen LogP contribution in [0.15, 0.2) is 34.6 Å². The Kier molecular flexibility index (Phi) is 6.49. The zero-order chi connectivity index (χ0) is 32.7. The molecule has 45 heavy (non-hydrogen) atoms. The van der Waals surface area contributed by atoms with Gasteiger partial charge in [0.05, 0.1) is 5.41 Å². The van der Waals surface area contributed by atoms with Crippen LogP contribution in [0.4, 0.5) is 0 Å². The van der Waals surface area contributed by atoms with Crippen molar-refractivity contribution in [2.75, 3.05) is 0 Å². The van der Waals surface area contributed by atoms with E-state index >= 15 is 0 Å². The quantitative estimate of drug-likeness (QED) is 0.191. The van der Waals surface area contributed by atoms with Crippen molar-refractivity contribution < 1.29 is 0 Å². The van der Waals surface area contributed by atoms with Gasteiger partial charge in [0.2, 0.25) is 0 Å². The lowest BCUT2D eigenvalue weighted by molar-refractivity contribution is 0.675. The molecule has 0 radical (unpaired) electrons. The van der Waals surface area contributed by atoms with E-state index in [1.165, 1.54) is 122 Å². The third-order valence-electron chi connectivity index (χ3n) is 12.8. The maximum Gasteiger partial charge on any atom is 0.0668 e. The van der Waals surface area contributed by atoms with Crippen molar-refractivity contribution in [2.45, 2.75) is 113 Å². The second kappa shape index (κ2) is 9.62. The molecule has 1 heterocycles. The topological polar surface area (TPSA) is 0 Å². The van der Waals surface area contributed by atoms with Gasteiger partial charge in [0.25, 0.3) is 0 Å². The van der Waals surface area contributed by atoms with Gasteiger partial charge in [-0.2, -0.15) is 0 Å². The first kappa shape index (κ1) is 30.4. The summed E-state index contributed by atoms with van der Waals surface area (Å²) in [6.45, 7) is 33.1. The lowest BCUT2D eigenvalue weighted by Gasteiger charge is -2.42. The van der Waals surface area contributed by atoms with Crippen molar-refractivity contribution in [3.8, 4) is 22.3 Å². The summed E-state index contributed by atoms with van der Waals surface area (Å²) in [5.74, 6) is 0. The number of allylic oxidation sites excluding steroid dienone is 2. The third-order valence-corrected chi connectivity index (χ3v) is 13.7. The third kappa shape index (κ3) is 3.63. The van der Waals surface area contributed by atoms with Gasteiger partial charge in [-0.05, 0) is 217 Å². The van der Waals surface area contributed by atoms with Gasteiger partial charge in [-0.3, -0.25) is 0 Å². The minimum Gasteiger partial charge on any atom is -0.0980 e. The van der Waals surface area contributed by atoms with E-state index in [9.17, 15) is 0 Å². The van der Waals surface area contributed by atoms with Gasteiger partial charge in [0, 0.05) is 10.3 Å². The van der Waals surface area contributed by atoms with Crippen LogP contribution < -0.4 is 0 Å². The van der Waals surface area contributed by atoms with Crippen molar-refractivity contribution in [3.05, 3.63) is 124 Å². The highest BCUT2D eigenvalue weighted by Gasteiger charge is 2.48. The molecule has 1 heteroatoms. The summed E-state index contributed by atoms with van der Waals surface area (Å²) in [7, 11) is 0. The summed E-state index contributed by atoms with van der Waals surface area (Å²) in [6, 6.07) is 5.09. The predicted molar refractivity (Wildman–Crippen MR) is 198 cm³/mol. The molecule has 0 aromatic heterocycles. The predicted octanol–water partition coefficient (Wildman–Crippen LogP) is 12.3. The Hall–Kier alpha value is -3.29. The summed E-state index contributed by atoms with van der Waals surface area (Å²) in [4.78, 5) is 1.39. The number of fused-ring (bicyclic) bond motifs is 10. The molecule has 3 aliphatic rings. The molecule has 0 saturated heterocycles. The molecule has 4 aromatic carbocycles. The highest BCUT2D eigenvalue weighted by atomic mass is 32.2. The standard InChI is InChI=1S/C44H48S/c1-21-22(2)28(8)38-37(27(21)7)39-29(9)23(3)25(5)31(11)41(39)44(42-32(12)26(6)24(4)30(10)40(38)42)17-18-45-36-20-34-33(19-35(36)44)15-16-43(34,13)14/h15-20H,1-14H3. The van der Waals surface area contributed by atoms with Crippen LogP contribution in [0, 0.1) is 83.1 Å². The van der Waals surface area contributed by atoms with Crippen LogP contribution in [-0.2, 0) is 10.8 Å². The van der Waals surface area contributed by atoms with E-state index in [0.29, 0.717) is 0 Å². The molecule has 4 aromatic rings. The molecule has 230 valence electrons. The fraction of sp³-hybridized carbons (Fsp3) is 0.364. The largest absolute Gasteiger partial charge is 0.0980 e. The summed E-state index contributed by atoms with van der Waals surface area (Å²) in [5, 5.41) is 2.41. The van der Waals surface area contributed by atoms with Crippen molar-refractivity contribution in [1.82, 2.24) is 0 Å². The zero-order valence-corrected chi connectivity index (χ0v) is 30.7. The molecule has 0 saturated carbocycles. The van der Waals surface area contributed by atoms with Gasteiger partial charge in [-0.25, -0.2) is 0 Å². The average molecular weight is 609 g/mol. The number of thioether (sulfide) groups is 1. The molecule has 2 aliphatic carbocycles. The number of hydrogen-bond acceptors (Lipinski definition) is 1. The van der Waals surface area contributed by atoms with Crippen molar-refractivity contribution >= 4 is 17.8 Å². The smallest absolute Gasteiger partial charge is 0.0668 e. The number of rotatable bonds is 0. The Morgan fingerprint density at radius 2 is 0.867 bits per heavy atom. The molecule has 0 fully saturated rings. The van der Waals surface area contributed by atoms with Gasteiger partial charge >= 0.3 is 0 Å². The summed E-state index contributed by atoms with van der Waals surface area (Å²) < 4.78 is 0. The molecule has 0 unspecified atom stereocenters. The molecular formula is C44H48S.